The smallest absolute Gasteiger partial charge is 0.121 e. The lowest BCUT2D eigenvalue weighted by atomic mass is 9.63. The predicted octanol–water partition coefficient (Wildman–Crippen LogP) is 3.60. The van der Waals surface area contributed by atoms with Gasteiger partial charge >= 0.3 is 0 Å². The van der Waals surface area contributed by atoms with Crippen molar-refractivity contribution in [3.8, 4) is 5.75 Å². The lowest BCUT2D eigenvalue weighted by molar-refractivity contribution is 0.188. The van der Waals surface area contributed by atoms with Crippen molar-refractivity contribution in [2.75, 3.05) is 0 Å². The van der Waals surface area contributed by atoms with Crippen LogP contribution in [0.15, 0.2) is 18.2 Å². The van der Waals surface area contributed by atoms with Crippen LogP contribution in [0.3, 0.4) is 0 Å². The van der Waals surface area contributed by atoms with Crippen molar-refractivity contribution < 1.29 is 10.2 Å². The molecule has 1 rings (SSSR count). The van der Waals surface area contributed by atoms with E-state index in [4.69, 9.17) is 0 Å². The first kappa shape index (κ1) is 14.0. The Balaban J connectivity index is 3.24. The van der Waals surface area contributed by atoms with Crippen molar-refractivity contribution in [3.63, 3.8) is 0 Å². The van der Waals surface area contributed by atoms with Crippen molar-refractivity contribution in [2.24, 2.45) is 5.41 Å². The molecule has 0 saturated carbocycles. The van der Waals surface area contributed by atoms with Crippen molar-refractivity contribution in [2.45, 2.75) is 53.1 Å². The summed E-state index contributed by atoms with van der Waals surface area (Å²) in [6.45, 7) is 11.0. The number of phenols is 1. The predicted molar refractivity (Wildman–Crippen MR) is 71.1 cm³/mol. The molecule has 0 aliphatic carbocycles. The van der Waals surface area contributed by atoms with E-state index in [1.54, 1.807) is 6.07 Å². The second-order valence-electron chi connectivity index (χ2n) is 5.86. The third kappa shape index (κ3) is 2.47. The summed E-state index contributed by atoms with van der Waals surface area (Å²) in [5, 5.41) is 18.8. The molecule has 2 heteroatoms. The van der Waals surface area contributed by atoms with Gasteiger partial charge in [0.1, 0.15) is 5.75 Å². The van der Waals surface area contributed by atoms with Gasteiger partial charge in [0, 0.05) is 5.56 Å². The molecule has 0 amide bonds. The molecule has 2 nitrogen and oxygen atoms in total. The number of benzene rings is 1. The fourth-order valence-corrected chi connectivity index (χ4v) is 1.93. The molecular formula is C15H24O2. The normalized spacial score (nSPS) is 12.8. The fraction of sp³-hybridized carbons (Fsp3) is 0.600. The summed E-state index contributed by atoms with van der Waals surface area (Å²) < 4.78 is 0. The highest BCUT2D eigenvalue weighted by Gasteiger charge is 2.37. The first-order valence-corrected chi connectivity index (χ1v) is 6.19. The van der Waals surface area contributed by atoms with E-state index in [9.17, 15) is 10.2 Å². The van der Waals surface area contributed by atoms with Gasteiger partial charge in [-0.2, -0.15) is 0 Å². The van der Waals surface area contributed by atoms with E-state index in [-0.39, 0.29) is 23.2 Å². The molecule has 1 aromatic rings. The van der Waals surface area contributed by atoms with E-state index in [1.165, 1.54) is 0 Å². The summed E-state index contributed by atoms with van der Waals surface area (Å²) in [4.78, 5) is 0. The average molecular weight is 236 g/mol. The molecule has 17 heavy (non-hydrogen) atoms. The van der Waals surface area contributed by atoms with Gasteiger partial charge in [-0.15, -0.1) is 0 Å². The van der Waals surface area contributed by atoms with E-state index in [2.05, 4.69) is 34.6 Å². The summed E-state index contributed by atoms with van der Waals surface area (Å²) >= 11 is 0. The molecule has 0 atom stereocenters. The van der Waals surface area contributed by atoms with Crippen LogP contribution in [0.5, 0.6) is 5.75 Å². The first-order chi connectivity index (χ1) is 7.76. The first-order valence-electron chi connectivity index (χ1n) is 6.19. The van der Waals surface area contributed by atoms with E-state index < -0.39 is 0 Å². The molecule has 0 radical (unpaired) electrons. The quantitative estimate of drug-likeness (QED) is 0.838. The Kier molecular flexibility index (Phi) is 3.88. The summed E-state index contributed by atoms with van der Waals surface area (Å²) in [6.07, 6.45) is 1.08. The number of hydrogen-bond donors (Lipinski definition) is 2. The molecule has 2 N–H and O–H groups in total. The van der Waals surface area contributed by atoms with Crippen LogP contribution in [0.1, 0.15) is 52.2 Å². The van der Waals surface area contributed by atoms with Crippen LogP contribution in [0, 0.1) is 5.41 Å². The van der Waals surface area contributed by atoms with Crippen LogP contribution >= 0.6 is 0 Å². The Morgan fingerprint density at radius 2 is 1.71 bits per heavy atom. The lowest BCUT2D eigenvalue weighted by Gasteiger charge is -2.42. The maximum atomic E-state index is 9.60. The number of hydrogen-bond acceptors (Lipinski definition) is 2. The second kappa shape index (κ2) is 4.69. The van der Waals surface area contributed by atoms with Gasteiger partial charge in [-0.1, -0.05) is 47.1 Å². The van der Waals surface area contributed by atoms with Crippen molar-refractivity contribution in [1.29, 1.82) is 0 Å². The lowest BCUT2D eigenvalue weighted by Crippen LogP contribution is -2.36. The topological polar surface area (TPSA) is 40.5 Å². The van der Waals surface area contributed by atoms with Crippen LogP contribution in [-0.2, 0) is 12.0 Å². The molecule has 0 aliphatic heterocycles. The molecule has 1 aromatic carbocycles. The number of aliphatic hydroxyl groups is 1. The molecule has 0 bridgehead atoms. The minimum atomic E-state index is -0.123. The summed E-state index contributed by atoms with van der Waals surface area (Å²) in [7, 11) is 0. The second-order valence-corrected chi connectivity index (χ2v) is 5.86. The van der Waals surface area contributed by atoms with Crippen LogP contribution in [0.2, 0.25) is 0 Å². The Bertz CT molecular complexity index is 392. The van der Waals surface area contributed by atoms with Gasteiger partial charge in [-0.3, -0.25) is 0 Å². The van der Waals surface area contributed by atoms with Crippen molar-refractivity contribution >= 4 is 0 Å². The average Bonchev–Trinajstić information content (AvgIpc) is 2.29. The molecule has 0 spiro atoms. The van der Waals surface area contributed by atoms with Crippen LogP contribution in [0.25, 0.3) is 0 Å². The maximum Gasteiger partial charge on any atom is 0.121 e. The Hall–Kier alpha value is -1.02. The number of rotatable bonds is 4. The molecule has 0 heterocycles. The highest BCUT2D eigenvalue weighted by atomic mass is 16.3. The number of aromatic hydroxyl groups is 1. The largest absolute Gasteiger partial charge is 0.508 e. The van der Waals surface area contributed by atoms with E-state index >= 15 is 0 Å². The van der Waals surface area contributed by atoms with E-state index in [0.717, 1.165) is 12.0 Å². The highest BCUT2D eigenvalue weighted by Crippen LogP contribution is 2.44. The minimum absolute atomic E-state index is 0.000625. The molecule has 0 unspecified atom stereocenters. The molecular weight excluding hydrogens is 212 g/mol. The van der Waals surface area contributed by atoms with Crippen LogP contribution in [-0.4, -0.2) is 10.2 Å². The summed E-state index contributed by atoms with van der Waals surface area (Å²) in [6, 6.07) is 5.53. The zero-order chi connectivity index (χ0) is 13.3. The molecule has 0 saturated heterocycles. The third-order valence-electron chi connectivity index (χ3n) is 4.55. The van der Waals surface area contributed by atoms with Crippen LogP contribution < -0.4 is 0 Å². The summed E-state index contributed by atoms with van der Waals surface area (Å²) in [5.41, 5.74) is 1.92. The SMILES string of the molecule is CCC(C)(C)C(C)(C)c1ccc(O)c(CO)c1. The minimum Gasteiger partial charge on any atom is -0.508 e. The maximum absolute atomic E-state index is 9.60. The molecule has 0 aliphatic rings. The van der Waals surface area contributed by atoms with Crippen molar-refractivity contribution in [1.82, 2.24) is 0 Å². The Morgan fingerprint density at radius 3 is 2.18 bits per heavy atom. The Morgan fingerprint density at radius 1 is 1.12 bits per heavy atom. The Labute approximate surface area is 104 Å². The monoisotopic (exact) mass is 236 g/mol. The standard InChI is InChI=1S/C15H24O2/c1-6-14(2,3)15(4,5)12-7-8-13(17)11(9-12)10-16/h7-9,16-17H,6,10H2,1-5H3. The van der Waals surface area contributed by atoms with Crippen LogP contribution in [0.4, 0.5) is 0 Å². The van der Waals surface area contributed by atoms with Gasteiger partial charge in [0.05, 0.1) is 6.61 Å². The molecule has 0 aromatic heterocycles. The highest BCUT2D eigenvalue weighted by molar-refractivity contribution is 5.39. The van der Waals surface area contributed by atoms with Gasteiger partial charge in [0.25, 0.3) is 0 Å². The van der Waals surface area contributed by atoms with E-state index in [1.807, 2.05) is 12.1 Å². The van der Waals surface area contributed by atoms with Gasteiger partial charge < -0.3 is 10.2 Å². The van der Waals surface area contributed by atoms with Gasteiger partial charge in [0.15, 0.2) is 0 Å². The molecule has 96 valence electrons. The summed E-state index contributed by atoms with van der Waals surface area (Å²) in [5.74, 6) is 0.168. The zero-order valence-corrected chi connectivity index (χ0v) is 11.5. The van der Waals surface area contributed by atoms with Crippen molar-refractivity contribution in [3.05, 3.63) is 29.3 Å². The third-order valence-corrected chi connectivity index (χ3v) is 4.55. The number of aliphatic hydroxyl groups excluding tert-OH is 1. The molecule has 0 fully saturated rings. The zero-order valence-electron chi connectivity index (χ0n) is 11.5. The fourth-order valence-electron chi connectivity index (χ4n) is 1.93. The van der Waals surface area contributed by atoms with Gasteiger partial charge in [-0.05, 0) is 28.5 Å². The van der Waals surface area contributed by atoms with Gasteiger partial charge in [-0.25, -0.2) is 0 Å². The van der Waals surface area contributed by atoms with E-state index in [0.29, 0.717) is 5.56 Å². The van der Waals surface area contributed by atoms with Gasteiger partial charge in [0.2, 0.25) is 0 Å².